The number of hydrogen-bond donors (Lipinski definition) is 0. The molecule has 1 heterocycles. The molecule has 0 aromatic carbocycles. The first-order valence-electron chi connectivity index (χ1n) is 4.66. The molecular formula is C10H16O3. The van der Waals surface area contributed by atoms with E-state index in [2.05, 4.69) is 4.74 Å². The zero-order chi connectivity index (χ0) is 9.52. The minimum Gasteiger partial charge on any atom is -0.469 e. The summed E-state index contributed by atoms with van der Waals surface area (Å²) in [5, 5.41) is 0. The zero-order valence-electron chi connectivity index (χ0n) is 7.99. The highest BCUT2D eigenvalue weighted by Crippen LogP contribution is 2.15. The van der Waals surface area contributed by atoms with Gasteiger partial charge in [0.2, 0.25) is 0 Å². The molecule has 74 valence electrons. The molecule has 1 saturated heterocycles. The Morgan fingerprint density at radius 2 is 2.46 bits per heavy atom. The van der Waals surface area contributed by atoms with Crippen molar-refractivity contribution >= 4 is 5.97 Å². The predicted octanol–water partition coefficient (Wildman–Crippen LogP) is 1.67. The van der Waals surface area contributed by atoms with E-state index < -0.39 is 0 Å². The topological polar surface area (TPSA) is 35.5 Å². The van der Waals surface area contributed by atoms with Gasteiger partial charge in [-0.3, -0.25) is 4.79 Å². The van der Waals surface area contributed by atoms with E-state index in [1.54, 1.807) is 0 Å². The molecule has 0 radical (unpaired) electrons. The molecule has 1 atom stereocenters. The average molecular weight is 184 g/mol. The van der Waals surface area contributed by atoms with Gasteiger partial charge in [0.1, 0.15) is 0 Å². The van der Waals surface area contributed by atoms with Gasteiger partial charge >= 0.3 is 5.97 Å². The second-order valence-electron chi connectivity index (χ2n) is 3.12. The van der Waals surface area contributed by atoms with Crippen LogP contribution >= 0.6 is 0 Å². The largest absolute Gasteiger partial charge is 0.469 e. The molecule has 0 aromatic rings. The van der Waals surface area contributed by atoms with Crippen LogP contribution in [0.1, 0.15) is 25.7 Å². The van der Waals surface area contributed by atoms with E-state index >= 15 is 0 Å². The van der Waals surface area contributed by atoms with Gasteiger partial charge in [-0.15, -0.1) is 0 Å². The fourth-order valence-electron chi connectivity index (χ4n) is 1.34. The molecule has 1 rings (SSSR count). The fourth-order valence-corrected chi connectivity index (χ4v) is 1.34. The van der Waals surface area contributed by atoms with Crippen molar-refractivity contribution in [3.63, 3.8) is 0 Å². The number of methoxy groups -OCH3 is 1. The zero-order valence-corrected chi connectivity index (χ0v) is 7.99. The Morgan fingerprint density at radius 1 is 1.62 bits per heavy atom. The van der Waals surface area contributed by atoms with Crippen LogP contribution in [0.5, 0.6) is 0 Å². The summed E-state index contributed by atoms with van der Waals surface area (Å²) in [5.41, 5.74) is 0. The monoisotopic (exact) mass is 184 g/mol. The van der Waals surface area contributed by atoms with Gasteiger partial charge in [0.05, 0.1) is 19.6 Å². The van der Waals surface area contributed by atoms with Crippen LogP contribution in [-0.4, -0.2) is 25.8 Å². The molecule has 3 heteroatoms. The molecule has 1 fully saturated rings. The maximum absolute atomic E-state index is 10.7. The van der Waals surface area contributed by atoms with Crippen LogP contribution in [0, 0.1) is 0 Å². The van der Waals surface area contributed by atoms with Crippen LogP contribution in [0.3, 0.4) is 0 Å². The van der Waals surface area contributed by atoms with Gasteiger partial charge in [-0.25, -0.2) is 0 Å². The highest BCUT2D eigenvalue weighted by molar-refractivity contribution is 5.70. The molecule has 1 aliphatic rings. The standard InChI is InChI=1S/C10H16O3/c1-12-10(11)7-3-2-5-9-6-4-8-13-9/h2-3,9H,4-8H2,1H3/b3-2-. The van der Waals surface area contributed by atoms with Crippen molar-refractivity contribution in [2.75, 3.05) is 13.7 Å². The number of carbonyl (C=O) groups excluding carboxylic acids is 1. The first-order valence-corrected chi connectivity index (χ1v) is 4.66. The first kappa shape index (κ1) is 10.3. The summed E-state index contributed by atoms with van der Waals surface area (Å²) in [7, 11) is 1.40. The second-order valence-corrected chi connectivity index (χ2v) is 3.12. The number of carbonyl (C=O) groups is 1. The van der Waals surface area contributed by atoms with E-state index in [1.807, 2.05) is 12.2 Å². The lowest BCUT2D eigenvalue weighted by Crippen LogP contribution is -2.02. The molecule has 0 amide bonds. The highest BCUT2D eigenvalue weighted by Gasteiger charge is 2.12. The van der Waals surface area contributed by atoms with Gasteiger partial charge in [0.25, 0.3) is 0 Å². The van der Waals surface area contributed by atoms with E-state index in [-0.39, 0.29) is 5.97 Å². The van der Waals surface area contributed by atoms with E-state index in [1.165, 1.54) is 7.11 Å². The molecule has 13 heavy (non-hydrogen) atoms. The molecule has 1 aliphatic heterocycles. The molecule has 1 unspecified atom stereocenters. The SMILES string of the molecule is COC(=O)C/C=C\CC1CCCO1. The maximum Gasteiger partial charge on any atom is 0.309 e. The van der Waals surface area contributed by atoms with Crippen LogP contribution in [0.25, 0.3) is 0 Å². The third-order valence-corrected chi connectivity index (χ3v) is 2.10. The highest BCUT2D eigenvalue weighted by atomic mass is 16.5. The van der Waals surface area contributed by atoms with Crippen LogP contribution in [0.2, 0.25) is 0 Å². The van der Waals surface area contributed by atoms with Gasteiger partial charge in [-0.05, 0) is 19.3 Å². The van der Waals surface area contributed by atoms with Crippen molar-refractivity contribution in [1.29, 1.82) is 0 Å². The summed E-state index contributed by atoms with van der Waals surface area (Å²) in [6.45, 7) is 0.884. The maximum atomic E-state index is 10.7. The van der Waals surface area contributed by atoms with Crippen LogP contribution in [0.4, 0.5) is 0 Å². The summed E-state index contributed by atoms with van der Waals surface area (Å²) in [6.07, 6.45) is 7.78. The lowest BCUT2D eigenvalue weighted by atomic mass is 10.2. The van der Waals surface area contributed by atoms with Crippen LogP contribution in [-0.2, 0) is 14.3 Å². The van der Waals surface area contributed by atoms with Crippen LogP contribution in [0.15, 0.2) is 12.2 Å². The second kappa shape index (κ2) is 5.75. The number of hydrogen-bond acceptors (Lipinski definition) is 3. The summed E-state index contributed by atoms with van der Waals surface area (Å²) < 4.78 is 9.92. The third-order valence-electron chi connectivity index (χ3n) is 2.10. The summed E-state index contributed by atoms with van der Waals surface area (Å²) in [5.74, 6) is -0.191. The van der Waals surface area contributed by atoms with Crippen molar-refractivity contribution in [3.8, 4) is 0 Å². The van der Waals surface area contributed by atoms with Gasteiger partial charge in [0, 0.05) is 6.61 Å². The van der Waals surface area contributed by atoms with Crippen molar-refractivity contribution in [2.45, 2.75) is 31.8 Å². The van der Waals surface area contributed by atoms with E-state index in [9.17, 15) is 4.79 Å². The lowest BCUT2D eigenvalue weighted by molar-refractivity contribution is -0.139. The van der Waals surface area contributed by atoms with E-state index in [4.69, 9.17) is 4.74 Å². The number of ether oxygens (including phenoxy) is 2. The van der Waals surface area contributed by atoms with Gasteiger partial charge < -0.3 is 9.47 Å². The Balaban J connectivity index is 2.06. The smallest absolute Gasteiger partial charge is 0.309 e. The summed E-state index contributed by atoms with van der Waals surface area (Å²) in [4.78, 5) is 10.7. The number of esters is 1. The quantitative estimate of drug-likeness (QED) is 0.492. The Kier molecular flexibility index (Phi) is 4.54. The molecule has 0 aromatic heterocycles. The first-order chi connectivity index (χ1) is 6.33. The molecule has 0 N–H and O–H groups in total. The van der Waals surface area contributed by atoms with Crippen molar-refractivity contribution in [1.82, 2.24) is 0 Å². The van der Waals surface area contributed by atoms with Crippen molar-refractivity contribution in [3.05, 3.63) is 12.2 Å². The fraction of sp³-hybridized carbons (Fsp3) is 0.700. The minimum atomic E-state index is -0.191. The van der Waals surface area contributed by atoms with Crippen molar-refractivity contribution < 1.29 is 14.3 Å². The molecule has 0 spiro atoms. The molecule has 3 nitrogen and oxygen atoms in total. The van der Waals surface area contributed by atoms with E-state index in [0.29, 0.717) is 12.5 Å². The Hall–Kier alpha value is -0.830. The van der Waals surface area contributed by atoms with Gasteiger partial charge in [0.15, 0.2) is 0 Å². The predicted molar refractivity (Wildman–Crippen MR) is 49.4 cm³/mol. The Labute approximate surface area is 78.7 Å². The summed E-state index contributed by atoms with van der Waals surface area (Å²) >= 11 is 0. The number of rotatable bonds is 4. The molecule has 0 aliphatic carbocycles. The van der Waals surface area contributed by atoms with Gasteiger partial charge in [-0.2, -0.15) is 0 Å². The Bertz CT molecular complexity index is 181. The Morgan fingerprint density at radius 3 is 3.08 bits per heavy atom. The normalized spacial score (nSPS) is 22.4. The lowest BCUT2D eigenvalue weighted by Gasteiger charge is -2.03. The van der Waals surface area contributed by atoms with Crippen LogP contribution < -0.4 is 0 Å². The third kappa shape index (κ3) is 4.08. The van der Waals surface area contributed by atoms with Gasteiger partial charge in [-0.1, -0.05) is 12.2 Å². The molecule has 0 bridgehead atoms. The summed E-state index contributed by atoms with van der Waals surface area (Å²) in [6, 6.07) is 0. The van der Waals surface area contributed by atoms with E-state index in [0.717, 1.165) is 25.9 Å². The minimum absolute atomic E-state index is 0.191. The van der Waals surface area contributed by atoms with Crippen molar-refractivity contribution in [2.24, 2.45) is 0 Å². The molecular weight excluding hydrogens is 168 g/mol. The average Bonchev–Trinajstić information content (AvgIpc) is 2.64. The molecule has 0 saturated carbocycles.